The van der Waals surface area contributed by atoms with Gasteiger partial charge in [-0.15, -0.1) is 0 Å². The molecule has 1 aromatic heterocycles. The molecule has 0 aliphatic carbocycles. The predicted molar refractivity (Wildman–Crippen MR) is 97.3 cm³/mol. The van der Waals surface area contributed by atoms with Crippen LogP contribution in [0.1, 0.15) is 10.4 Å². The predicted octanol–water partition coefficient (Wildman–Crippen LogP) is 2.13. The lowest BCUT2D eigenvalue weighted by molar-refractivity contribution is -0.135. The van der Waals surface area contributed by atoms with Crippen LogP contribution in [0.4, 0.5) is 8.78 Å². The van der Waals surface area contributed by atoms with Crippen molar-refractivity contribution in [3.05, 3.63) is 63.9 Å². The fourth-order valence-electron chi connectivity index (χ4n) is 2.70. The molecule has 0 unspecified atom stereocenters. The Kier molecular flexibility index (Phi) is 5.18. The van der Waals surface area contributed by atoms with Crippen LogP contribution < -0.4 is 15.6 Å². The van der Waals surface area contributed by atoms with Crippen LogP contribution in [0.15, 0.2) is 41.2 Å². The fourth-order valence-corrected chi connectivity index (χ4v) is 2.70. The van der Waals surface area contributed by atoms with Crippen LogP contribution in [0, 0.1) is 11.6 Å². The first-order valence-corrected chi connectivity index (χ1v) is 8.17. The molecule has 0 aliphatic rings. The zero-order valence-electron chi connectivity index (χ0n) is 14.9. The van der Waals surface area contributed by atoms with E-state index >= 15 is 0 Å². The van der Waals surface area contributed by atoms with Crippen molar-refractivity contribution in [1.29, 1.82) is 0 Å². The average Bonchev–Trinajstić information content (AvgIpc) is 2.67. The number of amides is 1. The highest BCUT2D eigenvalue weighted by Crippen LogP contribution is 2.32. The van der Waals surface area contributed by atoms with Gasteiger partial charge < -0.3 is 24.8 Å². The molecule has 0 saturated carbocycles. The second-order valence-corrected chi connectivity index (χ2v) is 6.02. The van der Waals surface area contributed by atoms with Gasteiger partial charge in [-0.25, -0.2) is 8.78 Å². The third kappa shape index (κ3) is 3.86. The van der Waals surface area contributed by atoms with Crippen molar-refractivity contribution < 1.29 is 33.3 Å². The SMILES string of the molecule is Cn1c(=O)c(C(=O)NCC(=O)O)c(O)c2ccc(Oc3cc(F)ccc3F)cc21. The first-order chi connectivity index (χ1) is 13.7. The maximum absolute atomic E-state index is 13.8. The van der Waals surface area contributed by atoms with Crippen LogP contribution in [0.2, 0.25) is 0 Å². The number of hydrogen-bond donors (Lipinski definition) is 3. The molecule has 3 aromatic rings. The van der Waals surface area contributed by atoms with Crippen LogP contribution in [-0.4, -0.2) is 33.2 Å². The second-order valence-electron chi connectivity index (χ2n) is 6.02. The van der Waals surface area contributed by atoms with Gasteiger partial charge in [-0.3, -0.25) is 14.4 Å². The fraction of sp³-hybridized carbons (Fsp3) is 0.105. The van der Waals surface area contributed by atoms with E-state index in [4.69, 9.17) is 9.84 Å². The van der Waals surface area contributed by atoms with Crippen molar-refractivity contribution >= 4 is 22.8 Å². The highest BCUT2D eigenvalue weighted by atomic mass is 19.1. The van der Waals surface area contributed by atoms with Crippen molar-refractivity contribution in [2.24, 2.45) is 7.05 Å². The number of aliphatic carboxylic acids is 1. The Hall–Kier alpha value is -3.95. The Bertz CT molecular complexity index is 1210. The number of pyridine rings is 1. The van der Waals surface area contributed by atoms with Crippen molar-refractivity contribution in [3.8, 4) is 17.2 Å². The van der Waals surface area contributed by atoms with Crippen LogP contribution in [-0.2, 0) is 11.8 Å². The summed E-state index contributed by atoms with van der Waals surface area (Å²) in [7, 11) is 1.32. The van der Waals surface area contributed by atoms with Gasteiger partial charge in [0.15, 0.2) is 11.6 Å². The number of ether oxygens (including phenoxy) is 1. The topological polar surface area (TPSA) is 118 Å². The van der Waals surface area contributed by atoms with Gasteiger partial charge in [0, 0.05) is 24.6 Å². The molecule has 0 aliphatic heterocycles. The highest BCUT2D eigenvalue weighted by molar-refractivity contribution is 6.03. The number of benzene rings is 2. The van der Waals surface area contributed by atoms with E-state index in [-0.39, 0.29) is 22.4 Å². The molecular weight excluding hydrogens is 390 g/mol. The van der Waals surface area contributed by atoms with E-state index in [1.807, 2.05) is 5.32 Å². The summed E-state index contributed by atoms with van der Waals surface area (Å²) in [6.07, 6.45) is 0. The minimum Gasteiger partial charge on any atom is -0.506 e. The number of aromatic hydroxyl groups is 1. The van der Waals surface area contributed by atoms with Gasteiger partial charge in [-0.05, 0) is 24.3 Å². The highest BCUT2D eigenvalue weighted by Gasteiger charge is 2.22. The third-order valence-corrected chi connectivity index (χ3v) is 4.09. The molecule has 150 valence electrons. The van der Waals surface area contributed by atoms with Crippen LogP contribution in [0.3, 0.4) is 0 Å². The first-order valence-electron chi connectivity index (χ1n) is 8.17. The number of aryl methyl sites for hydroxylation is 1. The average molecular weight is 404 g/mol. The van der Waals surface area contributed by atoms with Gasteiger partial charge in [0.25, 0.3) is 11.5 Å². The normalized spacial score (nSPS) is 10.7. The maximum Gasteiger partial charge on any atom is 0.322 e. The number of carbonyl (C=O) groups excluding carboxylic acids is 1. The van der Waals surface area contributed by atoms with E-state index in [2.05, 4.69) is 0 Å². The molecular formula is C19H14F2N2O6. The number of nitrogens with one attached hydrogen (secondary N) is 1. The summed E-state index contributed by atoms with van der Waals surface area (Å²) < 4.78 is 33.4. The zero-order valence-corrected chi connectivity index (χ0v) is 14.9. The summed E-state index contributed by atoms with van der Waals surface area (Å²) in [6.45, 7) is -0.731. The molecule has 1 heterocycles. The van der Waals surface area contributed by atoms with E-state index < -0.39 is 46.9 Å². The summed E-state index contributed by atoms with van der Waals surface area (Å²) >= 11 is 0. The lowest BCUT2D eigenvalue weighted by atomic mass is 10.1. The summed E-state index contributed by atoms with van der Waals surface area (Å²) in [5, 5.41) is 21.1. The second kappa shape index (κ2) is 7.58. The molecule has 3 N–H and O–H groups in total. The first kappa shape index (κ1) is 19.8. The lowest BCUT2D eigenvalue weighted by Crippen LogP contribution is -2.35. The number of aromatic nitrogens is 1. The zero-order chi connectivity index (χ0) is 21.3. The Morgan fingerprint density at radius 2 is 1.90 bits per heavy atom. The number of carboxylic acids is 1. The Morgan fingerprint density at radius 3 is 2.59 bits per heavy atom. The molecule has 0 spiro atoms. The van der Waals surface area contributed by atoms with Gasteiger partial charge >= 0.3 is 5.97 Å². The molecule has 29 heavy (non-hydrogen) atoms. The molecule has 8 nitrogen and oxygen atoms in total. The van der Waals surface area contributed by atoms with Gasteiger partial charge in [0.05, 0.1) is 5.52 Å². The number of nitrogens with zero attached hydrogens (tertiary/aromatic N) is 1. The van der Waals surface area contributed by atoms with E-state index in [1.165, 1.54) is 25.2 Å². The van der Waals surface area contributed by atoms with Crippen molar-refractivity contribution in [2.45, 2.75) is 0 Å². The van der Waals surface area contributed by atoms with Gasteiger partial charge in [0.1, 0.15) is 29.4 Å². The van der Waals surface area contributed by atoms with E-state index in [9.17, 15) is 28.3 Å². The van der Waals surface area contributed by atoms with Gasteiger partial charge in [-0.2, -0.15) is 0 Å². The molecule has 0 fully saturated rings. The van der Waals surface area contributed by atoms with Gasteiger partial charge in [0.2, 0.25) is 0 Å². The maximum atomic E-state index is 13.8. The Morgan fingerprint density at radius 1 is 1.17 bits per heavy atom. The quantitative estimate of drug-likeness (QED) is 0.600. The minimum atomic E-state index is -1.32. The number of hydrogen-bond acceptors (Lipinski definition) is 5. The summed E-state index contributed by atoms with van der Waals surface area (Å²) in [5.41, 5.74) is -1.35. The van der Waals surface area contributed by atoms with E-state index in [1.54, 1.807) is 0 Å². The van der Waals surface area contributed by atoms with Gasteiger partial charge in [-0.1, -0.05) is 0 Å². The van der Waals surface area contributed by atoms with Crippen LogP contribution in [0.5, 0.6) is 17.2 Å². The molecule has 1 amide bonds. The monoisotopic (exact) mass is 404 g/mol. The molecule has 0 atom stereocenters. The third-order valence-electron chi connectivity index (χ3n) is 4.09. The molecule has 2 aromatic carbocycles. The number of halogens is 2. The molecule has 0 radical (unpaired) electrons. The molecule has 0 saturated heterocycles. The van der Waals surface area contributed by atoms with Crippen molar-refractivity contribution in [1.82, 2.24) is 9.88 Å². The summed E-state index contributed by atoms with van der Waals surface area (Å²) in [4.78, 5) is 35.2. The van der Waals surface area contributed by atoms with E-state index in [0.717, 1.165) is 22.8 Å². The Balaban J connectivity index is 2.06. The number of carboxylic acid groups (broad SMARTS) is 1. The summed E-state index contributed by atoms with van der Waals surface area (Å²) in [6, 6.07) is 6.64. The van der Waals surface area contributed by atoms with Crippen molar-refractivity contribution in [3.63, 3.8) is 0 Å². The minimum absolute atomic E-state index is 0.0551. The number of fused-ring (bicyclic) bond motifs is 1. The number of carbonyl (C=O) groups is 2. The molecule has 10 heteroatoms. The number of rotatable bonds is 5. The van der Waals surface area contributed by atoms with Crippen molar-refractivity contribution in [2.75, 3.05) is 6.54 Å². The Labute approximate surface area is 161 Å². The lowest BCUT2D eigenvalue weighted by Gasteiger charge is -2.13. The smallest absolute Gasteiger partial charge is 0.322 e. The van der Waals surface area contributed by atoms with Crippen LogP contribution in [0.25, 0.3) is 10.9 Å². The molecule has 0 bridgehead atoms. The van der Waals surface area contributed by atoms with E-state index in [0.29, 0.717) is 0 Å². The largest absolute Gasteiger partial charge is 0.506 e. The molecule has 3 rings (SSSR count). The van der Waals surface area contributed by atoms with Crippen LogP contribution >= 0.6 is 0 Å². The summed E-state index contributed by atoms with van der Waals surface area (Å²) in [5.74, 6) is -4.83. The standard InChI is InChI=1S/C19H14F2N2O6/c1-23-13-7-10(29-14-6-9(20)2-5-12(14)21)3-4-11(13)17(26)16(19(23)28)18(27)22-8-15(24)25/h2-7,26H,8H2,1H3,(H,22,27)(H,24,25).